The molecule has 1 aliphatic carbocycles. The van der Waals surface area contributed by atoms with Gasteiger partial charge in [0.15, 0.2) is 0 Å². The summed E-state index contributed by atoms with van der Waals surface area (Å²) in [4.78, 5) is 0. The van der Waals surface area contributed by atoms with Crippen molar-refractivity contribution < 1.29 is 4.42 Å². The molecule has 0 aromatic carbocycles. The van der Waals surface area contributed by atoms with Crippen molar-refractivity contribution in [3.05, 3.63) is 39.6 Å². The smallest absolute Gasteiger partial charge is 0.122 e. The molecule has 1 fully saturated rings. The fourth-order valence-electron chi connectivity index (χ4n) is 1.79. The maximum absolute atomic E-state index is 5.52. The lowest BCUT2D eigenvalue weighted by Gasteiger charge is -2.04. The summed E-state index contributed by atoms with van der Waals surface area (Å²) >= 11 is 2.27. The molecule has 0 aliphatic heterocycles. The van der Waals surface area contributed by atoms with Gasteiger partial charge in [0.05, 0.1) is 29.1 Å². The Morgan fingerprint density at radius 1 is 1.53 bits per heavy atom. The monoisotopic (exact) mass is 343 g/mol. The van der Waals surface area contributed by atoms with Gasteiger partial charge in [-0.3, -0.25) is 4.68 Å². The molecule has 0 amide bonds. The van der Waals surface area contributed by atoms with Crippen LogP contribution in [0.5, 0.6) is 0 Å². The summed E-state index contributed by atoms with van der Waals surface area (Å²) in [6, 6.07) is 2.73. The van der Waals surface area contributed by atoms with Gasteiger partial charge >= 0.3 is 0 Å². The highest BCUT2D eigenvalue weighted by molar-refractivity contribution is 14.1. The van der Waals surface area contributed by atoms with Crippen molar-refractivity contribution in [2.75, 3.05) is 0 Å². The van der Waals surface area contributed by atoms with Crippen LogP contribution in [0.2, 0.25) is 0 Å². The van der Waals surface area contributed by atoms with Crippen molar-refractivity contribution in [3.8, 4) is 0 Å². The minimum absolute atomic E-state index is 0.707. The van der Waals surface area contributed by atoms with Crippen LogP contribution in [-0.4, -0.2) is 15.8 Å². The van der Waals surface area contributed by atoms with Gasteiger partial charge in [0, 0.05) is 17.8 Å². The number of hydrogen-bond acceptors (Lipinski definition) is 3. The molecule has 2 aromatic rings. The summed E-state index contributed by atoms with van der Waals surface area (Å²) in [5, 5.41) is 7.75. The van der Waals surface area contributed by atoms with E-state index >= 15 is 0 Å². The Bertz CT molecular complexity index is 501. The van der Waals surface area contributed by atoms with Gasteiger partial charge in [-0.1, -0.05) is 0 Å². The molecule has 0 bridgehead atoms. The first-order valence-electron chi connectivity index (χ1n) is 5.78. The van der Waals surface area contributed by atoms with Crippen LogP contribution in [0, 0.1) is 3.57 Å². The Labute approximate surface area is 114 Å². The lowest BCUT2D eigenvalue weighted by atomic mass is 10.2. The predicted octanol–water partition coefficient (Wildman–Crippen LogP) is 2.38. The molecule has 0 spiro atoms. The Morgan fingerprint density at radius 2 is 2.41 bits per heavy atom. The molecule has 3 rings (SSSR count). The zero-order valence-corrected chi connectivity index (χ0v) is 11.6. The third kappa shape index (κ3) is 2.90. The van der Waals surface area contributed by atoms with Gasteiger partial charge in [-0.25, -0.2) is 0 Å². The van der Waals surface area contributed by atoms with E-state index in [1.54, 1.807) is 6.26 Å². The van der Waals surface area contributed by atoms with Gasteiger partial charge < -0.3 is 9.73 Å². The fraction of sp³-hybridized carbons (Fsp3) is 0.417. The second-order valence-corrected chi connectivity index (χ2v) is 5.63. The molecule has 2 aromatic heterocycles. The minimum Gasteiger partial charge on any atom is -0.468 e. The number of nitrogens with zero attached hydrogens (tertiary/aromatic N) is 2. The summed E-state index contributed by atoms with van der Waals surface area (Å²) in [7, 11) is 0. The molecule has 2 heterocycles. The number of rotatable bonds is 5. The highest BCUT2D eigenvalue weighted by Gasteiger charge is 2.21. The molecule has 4 nitrogen and oxygen atoms in total. The Hall–Kier alpha value is -0.820. The zero-order valence-electron chi connectivity index (χ0n) is 9.40. The number of nitrogens with one attached hydrogen (secondary N) is 1. The summed E-state index contributed by atoms with van der Waals surface area (Å²) in [5.74, 6) is 1.03. The zero-order chi connectivity index (χ0) is 11.7. The number of aromatic nitrogens is 2. The van der Waals surface area contributed by atoms with Crippen molar-refractivity contribution >= 4 is 22.6 Å². The van der Waals surface area contributed by atoms with E-state index in [4.69, 9.17) is 4.42 Å². The maximum Gasteiger partial charge on any atom is 0.122 e. The molecule has 0 saturated heterocycles. The molecule has 0 radical (unpaired) electrons. The summed E-state index contributed by atoms with van der Waals surface area (Å²) in [5.41, 5.74) is 1.21. The van der Waals surface area contributed by atoms with Crippen LogP contribution in [-0.2, 0) is 13.1 Å². The van der Waals surface area contributed by atoms with Crippen LogP contribution in [0.3, 0.4) is 0 Å². The van der Waals surface area contributed by atoms with Gasteiger partial charge in [-0.15, -0.1) is 0 Å². The Kier molecular flexibility index (Phi) is 3.19. The van der Waals surface area contributed by atoms with Crippen molar-refractivity contribution in [3.63, 3.8) is 0 Å². The number of hydrogen-bond donors (Lipinski definition) is 1. The minimum atomic E-state index is 0.707. The van der Waals surface area contributed by atoms with Crippen LogP contribution >= 0.6 is 22.6 Å². The van der Waals surface area contributed by atoms with Crippen molar-refractivity contribution in [1.82, 2.24) is 15.1 Å². The second-order valence-electron chi connectivity index (χ2n) is 4.38. The van der Waals surface area contributed by atoms with E-state index < -0.39 is 0 Å². The highest BCUT2D eigenvalue weighted by atomic mass is 127. The van der Waals surface area contributed by atoms with E-state index in [1.807, 2.05) is 23.1 Å². The molecule has 90 valence electrons. The number of furan rings is 1. The fourth-order valence-corrected chi connectivity index (χ4v) is 2.23. The normalized spacial score (nSPS) is 15.4. The van der Waals surface area contributed by atoms with Gasteiger partial charge in [0.2, 0.25) is 0 Å². The third-order valence-electron chi connectivity index (χ3n) is 2.90. The van der Waals surface area contributed by atoms with E-state index in [-0.39, 0.29) is 0 Å². The maximum atomic E-state index is 5.52. The molecule has 1 aliphatic rings. The van der Waals surface area contributed by atoms with E-state index in [0.717, 1.165) is 22.4 Å². The Balaban J connectivity index is 1.67. The second kappa shape index (κ2) is 4.81. The topological polar surface area (TPSA) is 43.0 Å². The van der Waals surface area contributed by atoms with Crippen LogP contribution in [0.15, 0.2) is 29.1 Å². The predicted molar refractivity (Wildman–Crippen MR) is 72.6 cm³/mol. The standard InChI is InChI=1S/C12H14IN3O/c13-10-5-15-16(8-10)7-9-3-4-17-12(9)6-14-11-1-2-11/h3-5,8,11,14H,1-2,6-7H2. The summed E-state index contributed by atoms with van der Waals surface area (Å²) in [6.45, 7) is 1.60. The Morgan fingerprint density at radius 3 is 3.12 bits per heavy atom. The SMILES string of the molecule is Ic1cnn(Cc2ccoc2CNC2CC2)c1. The number of halogens is 1. The van der Waals surface area contributed by atoms with Crippen LogP contribution in [0.25, 0.3) is 0 Å². The third-order valence-corrected chi connectivity index (χ3v) is 3.46. The van der Waals surface area contributed by atoms with Gasteiger partial charge in [-0.2, -0.15) is 5.10 Å². The molecule has 0 unspecified atom stereocenters. The average Bonchev–Trinajstić information content (AvgIpc) is 2.90. The van der Waals surface area contributed by atoms with Crippen LogP contribution in [0.1, 0.15) is 24.2 Å². The van der Waals surface area contributed by atoms with E-state index in [9.17, 15) is 0 Å². The van der Waals surface area contributed by atoms with E-state index in [0.29, 0.717) is 6.04 Å². The van der Waals surface area contributed by atoms with Gasteiger partial charge in [0.25, 0.3) is 0 Å². The van der Waals surface area contributed by atoms with Crippen LogP contribution in [0.4, 0.5) is 0 Å². The van der Waals surface area contributed by atoms with Crippen molar-refractivity contribution in [2.24, 2.45) is 0 Å². The molecular weight excluding hydrogens is 329 g/mol. The molecule has 0 atom stereocenters. The molecule has 17 heavy (non-hydrogen) atoms. The highest BCUT2D eigenvalue weighted by Crippen LogP contribution is 2.20. The van der Waals surface area contributed by atoms with E-state index in [1.165, 1.54) is 18.4 Å². The summed E-state index contributed by atoms with van der Waals surface area (Å²) < 4.78 is 8.61. The first-order chi connectivity index (χ1) is 8.31. The lowest BCUT2D eigenvalue weighted by Crippen LogP contribution is -2.16. The average molecular weight is 343 g/mol. The summed E-state index contributed by atoms with van der Waals surface area (Å²) in [6.07, 6.45) is 8.25. The van der Waals surface area contributed by atoms with Crippen molar-refractivity contribution in [2.45, 2.75) is 32.0 Å². The molecule has 1 saturated carbocycles. The van der Waals surface area contributed by atoms with Gasteiger partial charge in [0.1, 0.15) is 5.76 Å². The van der Waals surface area contributed by atoms with E-state index in [2.05, 4.69) is 33.0 Å². The molecule has 5 heteroatoms. The van der Waals surface area contributed by atoms with Crippen molar-refractivity contribution in [1.29, 1.82) is 0 Å². The van der Waals surface area contributed by atoms with Crippen LogP contribution < -0.4 is 5.32 Å². The van der Waals surface area contributed by atoms with Gasteiger partial charge in [-0.05, 0) is 41.5 Å². The first kappa shape index (κ1) is 11.3. The largest absolute Gasteiger partial charge is 0.468 e. The quantitative estimate of drug-likeness (QED) is 0.848. The first-order valence-corrected chi connectivity index (χ1v) is 6.86. The lowest BCUT2D eigenvalue weighted by molar-refractivity contribution is 0.474. The molecular formula is C12H14IN3O. The molecule has 1 N–H and O–H groups in total.